The van der Waals surface area contributed by atoms with Gasteiger partial charge in [0.2, 0.25) is 0 Å². The second kappa shape index (κ2) is 8.32. The first-order valence-corrected chi connectivity index (χ1v) is 5.13. The third-order valence-electron chi connectivity index (χ3n) is 1.76. The van der Waals surface area contributed by atoms with E-state index in [1.165, 1.54) is 12.8 Å². The fraction of sp³-hybridized carbons (Fsp3) is 0.889. The van der Waals surface area contributed by atoms with Crippen LogP contribution in [0.4, 0.5) is 0 Å². The van der Waals surface area contributed by atoms with Crippen LogP contribution in [0.25, 0.3) is 0 Å². The normalized spacial score (nSPS) is 12.5. The maximum Gasteiger partial charge on any atom is 0.324 e. The Labute approximate surface area is 84.9 Å². The highest BCUT2D eigenvalue weighted by Crippen LogP contribution is 1.99. The molecule has 0 aliphatic heterocycles. The fourth-order valence-electron chi connectivity index (χ4n) is 0.871. The van der Waals surface area contributed by atoms with Crippen molar-refractivity contribution in [1.29, 1.82) is 0 Å². The fourth-order valence-corrected chi connectivity index (χ4v) is 0.960. The number of halogens is 1. The van der Waals surface area contributed by atoms with Crippen LogP contribution in [0, 0.1) is 0 Å². The van der Waals surface area contributed by atoms with Gasteiger partial charge in [-0.3, -0.25) is 4.79 Å². The summed E-state index contributed by atoms with van der Waals surface area (Å²) in [7, 11) is 0. The zero-order valence-corrected chi connectivity index (χ0v) is 9.06. The first kappa shape index (κ1) is 12.7. The third kappa shape index (κ3) is 6.84. The minimum absolute atomic E-state index is 0.286. The minimum Gasteiger partial charge on any atom is -0.465 e. The summed E-state index contributed by atoms with van der Waals surface area (Å²) in [6.07, 6.45) is 4.44. The van der Waals surface area contributed by atoms with Crippen LogP contribution in [-0.2, 0) is 9.53 Å². The number of nitrogens with one attached hydrogen (secondary N) is 1. The molecule has 0 amide bonds. The van der Waals surface area contributed by atoms with Crippen LogP contribution in [0.3, 0.4) is 0 Å². The molecule has 3 nitrogen and oxygen atoms in total. The lowest BCUT2D eigenvalue weighted by Gasteiger charge is -2.08. The van der Waals surface area contributed by atoms with Gasteiger partial charge in [0.05, 0.1) is 6.61 Å². The van der Waals surface area contributed by atoms with E-state index in [4.69, 9.17) is 16.5 Å². The van der Waals surface area contributed by atoms with Crippen molar-refractivity contribution in [2.75, 3.05) is 6.61 Å². The summed E-state index contributed by atoms with van der Waals surface area (Å²) in [5.41, 5.74) is 0. The number of unbranched alkanes of at least 4 members (excludes halogenated alkanes) is 3. The van der Waals surface area contributed by atoms with E-state index in [1.807, 2.05) is 0 Å². The molecule has 1 atom stereocenters. The molecule has 0 aliphatic rings. The Morgan fingerprint density at radius 3 is 2.69 bits per heavy atom. The smallest absolute Gasteiger partial charge is 0.324 e. The molecule has 0 unspecified atom stereocenters. The average Bonchev–Trinajstić information content (AvgIpc) is 2.16. The van der Waals surface area contributed by atoms with E-state index in [1.54, 1.807) is 6.92 Å². The first-order chi connectivity index (χ1) is 6.22. The second-order valence-corrected chi connectivity index (χ2v) is 3.28. The minimum atomic E-state index is -0.423. The summed E-state index contributed by atoms with van der Waals surface area (Å²) >= 11 is 5.26. The number of hydrogen-bond acceptors (Lipinski definition) is 3. The lowest BCUT2D eigenvalue weighted by atomic mass is 10.2. The number of esters is 1. The Balaban J connectivity index is 3.27. The summed E-state index contributed by atoms with van der Waals surface area (Å²) in [5.74, 6) is -0.286. The average molecular weight is 208 g/mol. The molecular weight excluding hydrogens is 190 g/mol. The van der Waals surface area contributed by atoms with Crippen molar-refractivity contribution in [2.24, 2.45) is 0 Å². The number of ether oxygens (including phenoxy) is 1. The van der Waals surface area contributed by atoms with Crippen molar-refractivity contribution in [1.82, 2.24) is 4.84 Å². The van der Waals surface area contributed by atoms with E-state index >= 15 is 0 Å². The Hall–Kier alpha value is -0.280. The van der Waals surface area contributed by atoms with Crippen molar-refractivity contribution < 1.29 is 9.53 Å². The molecule has 0 heterocycles. The maximum absolute atomic E-state index is 11.0. The largest absolute Gasteiger partial charge is 0.465 e. The van der Waals surface area contributed by atoms with Crippen LogP contribution in [0.15, 0.2) is 0 Å². The number of carbonyl (C=O) groups excluding carboxylic acids is 1. The van der Waals surface area contributed by atoms with Crippen LogP contribution in [-0.4, -0.2) is 18.6 Å². The summed E-state index contributed by atoms with van der Waals surface area (Å²) in [6.45, 7) is 4.31. The van der Waals surface area contributed by atoms with Gasteiger partial charge in [0.25, 0.3) is 0 Å². The van der Waals surface area contributed by atoms with E-state index in [9.17, 15) is 4.79 Å². The molecular formula is C9H18ClNO2. The topological polar surface area (TPSA) is 38.3 Å². The van der Waals surface area contributed by atoms with Gasteiger partial charge in [-0.15, -0.1) is 0 Å². The zero-order valence-electron chi connectivity index (χ0n) is 8.31. The number of rotatable bonds is 7. The van der Waals surface area contributed by atoms with Crippen molar-refractivity contribution >= 4 is 17.7 Å². The van der Waals surface area contributed by atoms with Crippen LogP contribution in [0.2, 0.25) is 0 Å². The Bertz CT molecular complexity index is 142. The van der Waals surface area contributed by atoms with Crippen LogP contribution < -0.4 is 4.84 Å². The summed E-state index contributed by atoms with van der Waals surface area (Å²) in [5, 5.41) is 0. The van der Waals surface area contributed by atoms with Gasteiger partial charge in [0.1, 0.15) is 6.04 Å². The Morgan fingerprint density at radius 2 is 2.15 bits per heavy atom. The molecule has 0 radical (unpaired) electrons. The molecule has 0 aliphatic carbocycles. The van der Waals surface area contributed by atoms with Gasteiger partial charge >= 0.3 is 5.97 Å². The molecule has 13 heavy (non-hydrogen) atoms. The van der Waals surface area contributed by atoms with Gasteiger partial charge in [0, 0.05) is 0 Å². The summed E-state index contributed by atoms with van der Waals surface area (Å²) in [4.78, 5) is 13.4. The second-order valence-electron chi connectivity index (χ2n) is 3.06. The highest BCUT2D eigenvalue weighted by molar-refractivity contribution is 6.14. The SMILES string of the molecule is CCCCCCOC(=O)[C@H](C)NCl. The molecule has 0 saturated carbocycles. The predicted octanol–water partition coefficient (Wildman–Crippen LogP) is 2.24. The van der Waals surface area contributed by atoms with Crippen LogP contribution in [0.1, 0.15) is 39.5 Å². The summed E-state index contributed by atoms with van der Waals surface area (Å²) < 4.78 is 4.96. The highest BCUT2D eigenvalue weighted by Gasteiger charge is 2.11. The van der Waals surface area contributed by atoms with Crippen molar-refractivity contribution in [3.63, 3.8) is 0 Å². The lowest BCUT2D eigenvalue weighted by molar-refractivity contribution is -0.145. The predicted molar refractivity (Wildman–Crippen MR) is 53.6 cm³/mol. The van der Waals surface area contributed by atoms with E-state index in [2.05, 4.69) is 11.8 Å². The van der Waals surface area contributed by atoms with Crippen LogP contribution in [0.5, 0.6) is 0 Å². The standard InChI is InChI=1S/C9H18ClNO2/c1-3-4-5-6-7-13-9(12)8(2)11-10/h8,11H,3-7H2,1-2H3/t8-/m0/s1. The number of carbonyl (C=O) groups is 1. The highest BCUT2D eigenvalue weighted by atomic mass is 35.5. The van der Waals surface area contributed by atoms with Gasteiger partial charge < -0.3 is 4.74 Å². The van der Waals surface area contributed by atoms with Gasteiger partial charge in [0.15, 0.2) is 0 Å². The summed E-state index contributed by atoms with van der Waals surface area (Å²) in [6, 6.07) is -0.423. The van der Waals surface area contributed by atoms with Crippen molar-refractivity contribution in [2.45, 2.75) is 45.6 Å². The molecule has 1 N–H and O–H groups in total. The first-order valence-electron chi connectivity index (χ1n) is 4.75. The van der Waals surface area contributed by atoms with Crippen molar-refractivity contribution in [3.05, 3.63) is 0 Å². The molecule has 78 valence electrons. The molecule has 0 rings (SSSR count). The molecule has 0 saturated heterocycles. The van der Waals surface area contributed by atoms with E-state index < -0.39 is 6.04 Å². The number of hydrogen-bond donors (Lipinski definition) is 1. The van der Waals surface area contributed by atoms with Crippen LogP contribution >= 0.6 is 11.8 Å². The Morgan fingerprint density at radius 1 is 1.46 bits per heavy atom. The van der Waals surface area contributed by atoms with E-state index in [0.717, 1.165) is 12.8 Å². The molecule has 4 heteroatoms. The monoisotopic (exact) mass is 207 g/mol. The molecule has 0 spiro atoms. The molecule has 0 fully saturated rings. The quantitative estimate of drug-likeness (QED) is 0.395. The van der Waals surface area contributed by atoms with Gasteiger partial charge in [-0.05, 0) is 25.1 Å². The maximum atomic E-state index is 11.0. The Kier molecular flexibility index (Phi) is 8.14. The van der Waals surface area contributed by atoms with E-state index in [-0.39, 0.29) is 5.97 Å². The van der Waals surface area contributed by atoms with Gasteiger partial charge in [-0.1, -0.05) is 26.2 Å². The third-order valence-corrected chi connectivity index (χ3v) is 2.09. The van der Waals surface area contributed by atoms with Gasteiger partial charge in [-0.25, -0.2) is 4.84 Å². The lowest BCUT2D eigenvalue weighted by Crippen LogP contribution is -2.29. The molecule has 0 aromatic rings. The molecule has 0 aromatic carbocycles. The molecule has 0 bridgehead atoms. The van der Waals surface area contributed by atoms with E-state index in [0.29, 0.717) is 6.61 Å². The molecule has 0 aromatic heterocycles. The van der Waals surface area contributed by atoms with Gasteiger partial charge in [-0.2, -0.15) is 0 Å². The zero-order chi connectivity index (χ0) is 10.1. The van der Waals surface area contributed by atoms with Crippen molar-refractivity contribution in [3.8, 4) is 0 Å².